The topological polar surface area (TPSA) is 29.5 Å². The van der Waals surface area contributed by atoms with Crippen molar-refractivity contribution in [3.05, 3.63) is 72.3 Å². The lowest BCUT2D eigenvalue weighted by Gasteiger charge is -2.20. The Morgan fingerprint density at radius 3 is 2.52 bits per heavy atom. The summed E-state index contributed by atoms with van der Waals surface area (Å²) in [7, 11) is 1.85. The standard InChI is InChI=1S/C22H23NO2/c1-3-25-21-14-7-5-10-18(21)15-16-22(24)23(2)20-13-8-11-17-9-4-6-12-19(17)20/h4-14H,3,15-16H2,1-2H3. The number of amides is 1. The Labute approximate surface area is 148 Å². The maximum atomic E-state index is 12.7. The zero-order valence-electron chi connectivity index (χ0n) is 14.7. The highest BCUT2D eigenvalue weighted by atomic mass is 16.5. The Bertz CT molecular complexity index is 867. The highest BCUT2D eigenvalue weighted by Crippen LogP contribution is 2.27. The second kappa shape index (κ2) is 7.84. The number of carbonyl (C=O) groups excluding carboxylic acids is 1. The molecule has 3 aromatic carbocycles. The van der Waals surface area contributed by atoms with E-state index in [2.05, 4.69) is 18.2 Å². The number of benzene rings is 3. The van der Waals surface area contributed by atoms with Crippen LogP contribution in [0.2, 0.25) is 0 Å². The van der Waals surface area contributed by atoms with Crippen LogP contribution < -0.4 is 9.64 Å². The highest BCUT2D eigenvalue weighted by molar-refractivity contribution is 6.03. The number of ether oxygens (including phenoxy) is 1. The van der Waals surface area contributed by atoms with Gasteiger partial charge in [-0.05, 0) is 36.4 Å². The molecule has 0 heterocycles. The number of hydrogen-bond donors (Lipinski definition) is 0. The van der Waals surface area contributed by atoms with E-state index in [9.17, 15) is 4.79 Å². The summed E-state index contributed by atoms with van der Waals surface area (Å²) in [5.74, 6) is 0.966. The van der Waals surface area contributed by atoms with E-state index in [0.29, 0.717) is 19.4 Å². The molecule has 0 N–H and O–H groups in total. The van der Waals surface area contributed by atoms with Crippen LogP contribution in [-0.2, 0) is 11.2 Å². The van der Waals surface area contributed by atoms with E-state index in [4.69, 9.17) is 4.74 Å². The smallest absolute Gasteiger partial charge is 0.227 e. The molecular weight excluding hydrogens is 310 g/mol. The summed E-state index contributed by atoms with van der Waals surface area (Å²) >= 11 is 0. The fourth-order valence-corrected chi connectivity index (χ4v) is 3.05. The summed E-state index contributed by atoms with van der Waals surface area (Å²) in [6, 6.07) is 22.1. The number of anilines is 1. The van der Waals surface area contributed by atoms with E-state index < -0.39 is 0 Å². The van der Waals surface area contributed by atoms with Crippen molar-refractivity contribution in [3.8, 4) is 5.75 Å². The van der Waals surface area contributed by atoms with E-state index in [1.807, 2.05) is 62.5 Å². The first-order chi connectivity index (χ1) is 12.2. The van der Waals surface area contributed by atoms with Gasteiger partial charge >= 0.3 is 0 Å². The maximum Gasteiger partial charge on any atom is 0.227 e. The lowest BCUT2D eigenvalue weighted by molar-refractivity contribution is -0.118. The van der Waals surface area contributed by atoms with Gasteiger partial charge in [-0.2, -0.15) is 0 Å². The third-order valence-corrected chi connectivity index (χ3v) is 4.38. The molecule has 128 valence electrons. The van der Waals surface area contributed by atoms with Crippen LogP contribution in [0.1, 0.15) is 18.9 Å². The first kappa shape index (κ1) is 17.0. The van der Waals surface area contributed by atoms with Crippen molar-refractivity contribution in [1.82, 2.24) is 0 Å². The predicted molar refractivity (Wildman–Crippen MR) is 103 cm³/mol. The Hall–Kier alpha value is -2.81. The first-order valence-electron chi connectivity index (χ1n) is 8.65. The quantitative estimate of drug-likeness (QED) is 0.646. The molecule has 0 radical (unpaired) electrons. The monoisotopic (exact) mass is 333 g/mol. The summed E-state index contributed by atoms with van der Waals surface area (Å²) in [4.78, 5) is 14.5. The first-order valence-corrected chi connectivity index (χ1v) is 8.65. The summed E-state index contributed by atoms with van der Waals surface area (Å²) in [5, 5.41) is 2.23. The summed E-state index contributed by atoms with van der Waals surface area (Å²) in [6.07, 6.45) is 1.12. The summed E-state index contributed by atoms with van der Waals surface area (Å²) in [5.41, 5.74) is 2.02. The largest absolute Gasteiger partial charge is 0.494 e. The molecule has 0 saturated carbocycles. The molecule has 0 bridgehead atoms. The molecule has 0 fully saturated rings. The summed E-state index contributed by atoms with van der Waals surface area (Å²) < 4.78 is 5.65. The molecule has 3 rings (SSSR count). The van der Waals surface area contributed by atoms with Crippen molar-refractivity contribution < 1.29 is 9.53 Å². The van der Waals surface area contributed by atoms with Crippen molar-refractivity contribution in [2.45, 2.75) is 19.8 Å². The molecule has 0 aliphatic heterocycles. The molecule has 0 aliphatic carbocycles. The normalized spacial score (nSPS) is 10.6. The summed E-state index contributed by atoms with van der Waals surface area (Å²) in [6.45, 7) is 2.59. The Balaban J connectivity index is 1.75. The van der Waals surface area contributed by atoms with Gasteiger partial charge in [-0.25, -0.2) is 0 Å². The van der Waals surface area contributed by atoms with Gasteiger partial charge < -0.3 is 9.64 Å². The Morgan fingerprint density at radius 2 is 1.68 bits per heavy atom. The Morgan fingerprint density at radius 1 is 0.960 bits per heavy atom. The fourth-order valence-electron chi connectivity index (χ4n) is 3.05. The van der Waals surface area contributed by atoms with Gasteiger partial charge in [0.25, 0.3) is 0 Å². The van der Waals surface area contributed by atoms with Gasteiger partial charge in [0.1, 0.15) is 5.75 Å². The molecule has 0 aliphatic rings. The average molecular weight is 333 g/mol. The van der Waals surface area contributed by atoms with Crippen LogP contribution in [0.4, 0.5) is 5.69 Å². The van der Waals surface area contributed by atoms with Crippen molar-refractivity contribution >= 4 is 22.4 Å². The van der Waals surface area contributed by atoms with Gasteiger partial charge in [0.05, 0.1) is 12.3 Å². The van der Waals surface area contributed by atoms with Crippen LogP contribution in [0.5, 0.6) is 5.75 Å². The molecule has 3 heteroatoms. The minimum atomic E-state index is 0.0997. The van der Waals surface area contributed by atoms with Gasteiger partial charge in [0.15, 0.2) is 0 Å². The van der Waals surface area contributed by atoms with Gasteiger partial charge in [0, 0.05) is 18.9 Å². The van der Waals surface area contributed by atoms with E-state index >= 15 is 0 Å². The van der Waals surface area contributed by atoms with Gasteiger partial charge in [-0.3, -0.25) is 4.79 Å². The van der Waals surface area contributed by atoms with E-state index in [-0.39, 0.29) is 5.91 Å². The van der Waals surface area contributed by atoms with Crippen LogP contribution in [-0.4, -0.2) is 19.6 Å². The van der Waals surface area contributed by atoms with Crippen LogP contribution in [0, 0.1) is 0 Å². The number of fused-ring (bicyclic) bond motifs is 1. The van der Waals surface area contributed by atoms with E-state index in [1.54, 1.807) is 4.90 Å². The molecule has 3 aromatic rings. The van der Waals surface area contributed by atoms with E-state index in [1.165, 1.54) is 0 Å². The average Bonchev–Trinajstić information content (AvgIpc) is 2.66. The lowest BCUT2D eigenvalue weighted by Crippen LogP contribution is -2.26. The van der Waals surface area contributed by atoms with Crippen molar-refractivity contribution in [2.24, 2.45) is 0 Å². The van der Waals surface area contributed by atoms with Crippen molar-refractivity contribution in [1.29, 1.82) is 0 Å². The zero-order chi connectivity index (χ0) is 17.6. The van der Waals surface area contributed by atoms with Gasteiger partial charge in [0.2, 0.25) is 5.91 Å². The van der Waals surface area contributed by atoms with Crippen molar-refractivity contribution in [2.75, 3.05) is 18.6 Å². The van der Waals surface area contributed by atoms with E-state index in [0.717, 1.165) is 27.8 Å². The molecule has 0 aromatic heterocycles. The number of nitrogens with zero attached hydrogens (tertiary/aromatic N) is 1. The predicted octanol–water partition coefficient (Wildman–Crippen LogP) is 4.83. The van der Waals surface area contributed by atoms with Crippen molar-refractivity contribution in [3.63, 3.8) is 0 Å². The highest BCUT2D eigenvalue weighted by Gasteiger charge is 2.14. The second-order valence-corrected chi connectivity index (χ2v) is 5.99. The fraction of sp³-hybridized carbons (Fsp3) is 0.227. The van der Waals surface area contributed by atoms with Gasteiger partial charge in [-0.15, -0.1) is 0 Å². The van der Waals surface area contributed by atoms with Crippen LogP contribution in [0.25, 0.3) is 10.8 Å². The Kier molecular flexibility index (Phi) is 5.34. The second-order valence-electron chi connectivity index (χ2n) is 5.99. The third kappa shape index (κ3) is 3.82. The van der Waals surface area contributed by atoms with Crippen LogP contribution in [0.3, 0.4) is 0 Å². The van der Waals surface area contributed by atoms with Gasteiger partial charge in [-0.1, -0.05) is 54.6 Å². The number of para-hydroxylation sites is 1. The lowest BCUT2D eigenvalue weighted by atomic mass is 10.1. The molecule has 0 atom stereocenters. The molecular formula is C22H23NO2. The maximum absolute atomic E-state index is 12.7. The van der Waals surface area contributed by atoms with Crippen LogP contribution in [0.15, 0.2) is 66.7 Å². The molecule has 3 nitrogen and oxygen atoms in total. The molecule has 25 heavy (non-hydrogen) atoms. The third-order valence-electron chi connectivity index (χ3n) is 4.38. The molecule has 1 amide bonds. The molecule has 0 unspecified atom stereocenters. The number of rotatable bonds is 6. The minimum Gasteiger partial charge on any atom is -0.494 e. The number of aryl methyl sites for hydroxylation is 1. The van der Waals surface area contributed by atoms with Crippen LogP contribution >= 0.6 is 0 Å². The molecule has 0 spiro atoms. The SMILES string of the molecule is CCOc1ccccc1CCC(=O)N(C)c1cccc2ccccc12. The zero-order valence-corrected chi connectivity index (χ0v) is 14.7. The number of carbonyl (C=O) groups is 1. The minimum absolute atomic E-state index is 0.0997. The number of hydrogen-bond acceptors (Lipinski definition) is 2. The molecule has 0 saturated heterocycles.